The minimum atomic E-state index is -0.632. The lowest BCUT2D eigenvalue weighted by Crippen LogP contribution is -2.32. The molecule has 1 saturated heterocycles. The van der Waals surface area contributed by atoms with E-state index in [4.69, 9.17) is 4.74 Å². The second-order valence-corrected chi connectivity index (χ2v) is 8.42. The first-order valence-corrected chi connectivity index (χ1v) is 9.60. The van der Waals surface area contributed by atoms with Crippen molar-refractivity contribution in [3.63, 3.8) is 0 Å². The number of imide groups is 1. The van der Waals surface area contributed by atoms with Crippen molar-refractivity contribution >= 4 is 23.3 Å². The van der Waals surface area contributed by atoms with Crippen molar-refractivity contribution < 1.29 is 14.3 Å². The lowest BCUT2D eigenvalue weighted by atomic mass is 9.93. The van der Waals surface area contributed by atoms with E-state index in [1.807, 2.05) is 5.38 Å². The van der Waals surface area contributed by atoms with E-state index in [1.165, 1.54) is 16.2 Å². The number of hydrogen-bond donors (Lipinski definition) is 1. The molecule has 3 amide bonds. The molecule has 1 atom stereocenters. The Hall–Kier alpha value is -2.33. The van der Waals surface area contributed by atoms with E-state index < -0.39 is 12.1 Å². The second-order valence-electron chi connectivity index (χ2n) is 7.47. The highest BCUT2D eigenvalue weighted by atomic mass is 32.1. The number of urea groups is 1. The first-order valence-electron chi connectivity index (χ1n) is 8.72. The molecule has 0 aromatic carbocycles. The summed E-state index contributed by atoms with van der Waals surface area (Å²) in [7, 11) is 1.62. The molecule has 146 valence electrons. The molecule has 0 spiro atoms. The number of nitrogens with one attached hydrogen (secondary N) is 1. The third-order valence-corrected chi connectivity index (χ3v) is 5.08. The van der Waals surface area contributed by atoms with Crippen LogP contribution in [0.1, 0.15) is 37.2 Å². The van der Waals surface area contributed by atoms with Crippen LogP contribution in [0.4, 0.5) is 4.79 Å². The number of methoxy groups -OCH3 is 1. The zero-order valence-corrected chi connectivity index (χ0v) is 16.7. The van der Waals surface area contributed by atoms with Gasteiger partial charge in [0.1, 0.15) is 11.0 Å². The van der Waals surface area contributed by atoms with Gasteiger partial charge in [0.05, 0.1) is 31.1 Å². The molecule has 2 aromatic rings. The van der Waals surface area contributed by atoms with Crippen molar-refractivity contribution in [2.75, 3.05) is 13.7 Å². The van der Waals surface area contributed by atoms with Gasteiger partial charge in [0.2, 0.25) is 0 Å². The highest BCUT2D eigenvalue weighted by Gasteiger charge is 2.39. The number of amides is 3. The summed E-state index contributed by atoms with van der Waals surface area (Å²) in [4.78, 5) is 30.7. The maximum absolute atomic E-state index is 12.7. The SMILES string of the molecule is COCCn1cc(CC2NC(=O)N(Cc3nc(C(C)(C)C)cs3)C2=O)nn1. The summed E-state index contributed by atoms with van der Waals surface area (Å²) >= 11 is 1.46. The number of rotatable bonds is 7. The molecule has 0 aliphatic carbocycles. The van der Waals surface area contributed by atoms with Crippen LogP contribution in [0.15, 0.2) is 11.6 Å². The molecule has 0 saturated carbocycles. The third-order valence-electron chi connectivity index (χ3n) is 4.24. The van der Waals surface area contributed by atoms with Gasteiger partial charge in [0.15, 0.2) is 0 Å². The van der Waals surface area contributed by atoms with Crippen LogP contribution in [0.2, 0.25) is 0 Å². The molecule has 1 aliphatic rings. The monoisotopic (exact) mass is 392 g/mol. The van der Waals surface area contributed by atoms with E-state index in [0.29, 0.717) is 25.3 Å². The van der Waals surface area contributed by atoms with Crippen molar-refractivity contribution in [2.45, 2.75) is 51.7 Å². The normalized spacial score (nSPS) is 17.6. The van der Waals surface area contributed by atoms with Gasteiger partial charge in [-0.05, 0) is 0 Å². The van der Waals surface area contributed by atoms with Crippen LogP contribution in [0.25, 0.3) is 0 Å². The summed E-state index contributed by atoms with van der Waals surface area (Å²) in [5.41, 5.74) is 1.54. The van der Waals surface area contributed by atoms with Crippen LogP contribution in [-0.4, -0.2) is 56.6 Å². The van der Waals surface area contributed by atoms with E-state index in [2.05, 4.69) is 41.4 Å². The molecule has 10 heteroatoms. The average Bonchev–Trinajstić information content (AvgIpc) is 3.30. The average molecular weight is 392 g/mol. The molecule has 1 N–H and O–H groups in total. The number of ether oxygens (including phenoxy) is 1. The number of thiazole rings is 1. The maximum Gasteiger partial charge on any atom is 0.325 e. The number of nitrogens with zero attached hydrogens (tertiary/aromatic N) is 5. The Kier molecular flexibility index (Phi) is 5.56. The fourth-order valence-electron chi connectivity index (χ4n) is 2.66. The van der Waals surface area contributed by atoms with Crippen LogP contribution in [0, 0.1) is 0 Å². The number of aromatic nitrogens is 4. The van der Waals surface area contributed by atoms with Crippen LogP contribution < -0.4 is 5.32 Å². The van der Waals surface area contributed by atoms with Gasteiger partial charge in [-0.1, -0.05) is 26.0 Å². The van der Waals surface area contributed by atoms with E-state index in [0.717, 1.165) is 10.7 Å². The smallest absolute Gasteiger partial charge is 0.325 e. The molecule has 3 rings (SSSR count). The molecular weight excluding hydrogens is 368 g/mol. The Morgan fingerprint density at radius 2 is 2.11 bits per heavy atom. The van der Waals surface area contributed by atoms with Crippen LogP contribution in [0.5, 0.6) is 0 Å². The van der Waals surface area contributed by atoms with E-state index >= 15 is 0 Å². The molecule has 1 fully saturated rings. The fraction of sp³-hybridized carbons (Fsp3) is 0.588. The van der Waals surface area contributed by atoms with Gasteiger partial charge >= 0.3 is 6.03 Å². The Morgan fingerprint density at radius 1 is 1.33 bits per heavy atom. The van der Waals surface area contributed by atoms with E-state index in [9.17, 15) is 9.59 Å². The Balaban J connectivity index is 1.63. The summed E-state index contributed by atoms with van der Waals surface area (Å²) in [5, 5.41) is 13.5. The fourth-order valence-corrected chi connectivity index (χ4v) is 3.67. The molecule has 0 radical (unpaired) electrons. The molecular formula is C17H24N6O3S. The van der Waals surface area contributed by atoms with Crippen LogP contribution >= 0.6 is 11.3 Å². The van der Waals surface area contributed by atoms with Crippen LogP contribution in [-0.2, 0) is 34.5 Å². The quantitative estimate of drug-likeness (QED) is 0.714. The molecule has 3 heterocycles. The van der Waals surface area contributed by atoms with Gasteiger partial charge in [-0.25, -0.2) is 14.5 Å². The van der Waals surface area contributed by atoms with Gasteiger partial charge in [0.25, 0.3) is 5.91 Å². The molecule has 2 aromatic heterocycles. The summed E-state index contributed by atoms with van der Waals surface area (Å²) in [6.07, 6.45) is 2.07. The van der Waals surface area contributed by atoms with E-state index in [1.54, 1.807) is 18.0 Å². The van der Waals surface area contributed by atoms with Crippen molar-refractivity contribution in [1.29, 1.82) is 0 Å². The van der Waals surface area contributed by atoms with Gasteiger partial charge in [-0.2, -0.15) is 0 Å². The number of carbonyl (C=O) groups excluding carboxylic acids is 2. The Labute approximate surface area is 161 Å². The highest BCUT2D eigenvalue weighted by Crippen LogP contribution is 2.25. The second kappa shape index (κ2) is 7.73. The van der Waals surface area contributed by atoms with Gasteiger partial charge in [-0.3, -0.25) is 9.69 Å². The molecule has 0 bridgehead atoms. The van der Waals surface area contributed by atoms with Crippen molar-refractivity contribution in [3.8, 4) is 0 Å². The summed E-state index contributed by atoms with van der Waals surface area (Å²) in [6, 6.07) is -1.03. The minimum Gasteiger partial charge on any atom is -0.383 e. The zero-order chi connectivity index (χ0) is 19.6. The number of hydrogen-bond acceptors (Lipinski definition) is 7. The van der Waals surface area contributed by atoms with Gasteiger partial charge < -0.3 is 10.1 Å². The Bertz CT molecular complexity index is 825. The predicted molar refractivity (Wildman–Crippen MR) is 99.3 cm³/mol. The first kappa shape index (κ1) is 19.4. The third kappa shape index (κ3) is 4.51. The van der Waals surface area contributed by atoms with Crippen molar-refractivity contribution in [2.24, 2.45) is 0 Å². The van der Waals surface area contributed by atoms with Crippen molar-refractivity contribution in [3.05, 3.63) is 28.0 Å². The minimum absolute atomic E-state index is 0.0663. The molecule has 1 unspecified atom stereocenters. The molecule has 9 nitrogen and oxygen atoms in total. The zero-order valence-electron chi connectivity index (χ0n) is 15.9. The first-order chi connectivity index (χ1) is 12.8. The van der Waals surface area contributed by atoms with E-state index in [-0.39, 0.29) is 17.9 Å². The van der Waals surface area contributed by atoms with Gasteiger partial charge in [-0.15, -0.1) is 16.4 Å². The molecule has 27 heavy (non-hydrogen) atoms. The Morgan fingerprint density at radius 3 is 2.78 bits per heavy atom. The van der Waals surface area contributed by atoms with Gasteiger partial charge in [0, 0.05) is 30.5 Å². The number of carbonyl (C=O) groups is 2. The van der Waals surface area contributed by atoms with Crippen LogP contribution in [0.3, 0.4) is 0 Å². The predicted octanol–water partition coefficient (Wildman–Crippen LogP) is 1.34. The largest absolute Gasteiger partial charge is 0.383 e. The molecule has 1 aliphatic heterocycles. The summed E-state index contributed by atoms with van der Waals surface area (Å²) in [6.45, 7) is 7.53. The summed E-state index contributed by atoms with van der Waals surface area (Å²) < 4.78 is 6.66. The summed E-state index contributed by atoms with van der Waals surface area (Å²) in [5.74, 6) is -0.265. The lowest BCUT2D eigenvalue weighted by Gasteiger charge is -2.14. The maximum atomic E-state index is 12.7. The highest BCUT2D eigenvalue weighted by molar-refractivity contribution is 7.09. The topological polar surface area (TPSA) is 102 Å². The van der Waals surface area contributed by atoms with Crippen molar-refractivity contribution in [1.82, 2.24) is 30.2 Å². The standard InChI is InChI=1S/C17H24N6O3S/c1-17(2,3)13-10-27-14(19-13)9-23-15(24)12(18-16(23)25)7-11-8-22(21-20-11)5-6-26-4/h8,10,12H,5-7,9H2,1-4H3,(H,18,25). The lowest BCUT2D eigenvalue weighted by molar-refractivity contribution is -0.127.